The van der Waals surface area contributed by atoms with E-state index in [2.05, 4.69) is 42.9 Å². The smallest absolute Gasteiger partial charge is 0.121 e. The summed E-state index contributed by atoms with van der Waals surface area (Å²) in [5.41, 5.74) is 1.23. The molecular weight excluding hydrogens is 186 g/mol. The van der Waals surface area contributed by atoms with Gasteiger partial charge in [-0.2, -0.15) is 0 Å². The first kappa shape index (κ1) is 10.1. The molecule has 15 heavy (non-hydrogen) atoms. The number of hydrogen-bond donors (Lipinski definition) is 0. The minimum Gasteiger partial charge on any atom is -0.494 e. The SMILES string of the molecule is CCCCOc1ccc2ccn(C)c2c1. The number of benzene rings is 1. The number of ether oxygens (including phenoxy) is 1. The largest absolute Gasteiger partial charge is 0.494 e. The van der Waals surface area contributed by atoms with Gasteiger partial charge in [0.1, 0.15) is 5.75 Å². The van der Waals surface area contributed by atoms with Gasteiger partial charge in [-0.3, -0.25) is 0 Å². The Morgan fingerprint density at radius 3 is 2.93 bits per heavy atom. The summed E-state index contributed by atoms with van der Waals surface area (Å²) in [7, 11) is 2.05. The Labute approximate surface area is 90.5 Å². The molecule has 0 saturated carbocycles. The van der Waals surface area contributed by atoms with E-state index in [0.717, 1.165) is 18.8 Å². The molecule has 0 aliphatic rings. The van der Waals surface area contributed by atoms with Gasteiger partial charge in [0.05, 0.1) is 12.1 Å². The lowest BCUT2D eigenvalue weighted by molar-refractivity contribution is 0.309. The van der Waals surface area contributed by atoms with Gasteiger partial charge in [0.15, 0.2) is 0 Å². The number of fused-ring (bicyclic) bond motifs is 1. The van der Waals surface area contributed by atoms with Crippen LogP contribution in [0.4, 0.5) is 0 Å². The molecule has 2 heteroatoms. The maximum absolute atomic E-state index is 5.67. The minimum absolute atomic E-state index is 0.812. The molecule has 0 atom stereocenters. The molecule has 1 aromatic carbocycles. The summed E-state index contributed by atoms with van der Waals surface area (Å²) < 4.78 is 7.78. The number of rotatable bonds is 4. The van der Waals surface area contributed by atoms with E-state index in [1.165, 1.54) is 17.3 Å². The first-order valence-electron chi connectivity index (χ1n) is 5.49. The van der Waals surface area contributed by atoms with Gasteiger partial charge in [0.25, 0.3) is 0 Å². The Balaban J connectivity index is 2.18. The number of aryl methyl sites for hydroxylation is 1. The van der Waals surface area contributed by atoms with Crippen LogP contribution in [0.15, 0.2) is 30.5 Å². The molecule has 0 unspecified atom stereocenters. The van der Waals surface area contributed by atoms with Gasteiger partial charge in [0.2, 0.25) is 0 Å². The third kappa shape index (κ3) is 2.14. The zero-order valence-corrected chi connectivity index (χ0v) is 9.36. The number of aromatic nitrogens is 1. The average Bonchev–Trinajstić information content (AvgIpc) is 2.61. The third-order valence-electron chi connectivity index (χ3n) is 2.63. The predicted molar refractivity (Wildman–Crippen MR) is 63.3 cm³/mol. The fourth-order valence-corrected chi connectivity index (χ4v) is 1.67. The molecule has 0 N–H and O–H groups in total. The lowest BCUT2D eigenvalue weighted by Crippen LogP contribution is -1.96. The molecule has 0 saturated heterocycles. The highest BCUT2D eigenvalue weighted by Gasteiger charge is 2.00. The summed E-state index contributed by atoms with van der Waals surface area (Å²) >= 11 is 0. The summed E-state index contributed by atoms with van der Waals surface area (Å²) in [6.45, 7) is 2.98. The summed E-state index contributed by atoms with van der Waals surface area (Å²) in [6, 6.07) is 8.37. The van der Waals surface area contributed by atoms with E-state index in [1.807, 2.05) is 6.07 Å². The van der Waals surface area contributed by atoms with E-state index < -0.39 is 0 Å². The van der Waals surface area contributed by atoms with Crippen LogP contribution in [0, 0.1) is 0 Å². The van der Waals surface area contributed by atoms with Crippen molar-refractivity contribution in [1.82, 2.24) is 4.57 Å². The van der Waals surface area contributed by atoms with Crippen molar-refractivity contribution in [3.05, 3.63) is 30.5 Å². The third-order valence-corrected chi connectivity index (χ3v) is 2.63. The zero-order valence-electron chi connectivity index (χ0n) is 9.36. The Morgan fingerprint density at radius 2 is 2.13 bits per heavy atom. The molecule has 80 valence electrons. The van der Waals surface area contributed by atoms with Gasteiger partial charge >= 0.3 is 0 Å². The van der Waals surface area contributed by atoms with Gasteiger partial charge in [-0.15, -0.1) is 0 Å². The van der Waals surface area contributed by atoms with Gasteiger partial charge < -0.3 is 9.30 Å². The second-order valence-corrected chi connectivity index (χ2v) is 3.85. The summed E-state index contributed by atoms with van der Waals surface area (Å²) in [4.78, 5) is 0. The van der Waals surface area contributed by atoms with Crippen LogP contribution in [-0.2, 0) is 7.05 Å². The average molecular weight is 203 g/mol. The minimum atomic E-state index is 0.812. The van der Waals surface area contributed by atoms with Crippen LogP contribution in [0.5, 0.6) is 5.75 Å². The van der Waals surface area contributed by atoms with Crippen molar-refractivity contribution < 1.29 is 4.74 Å². The number of unbranched alkanes of at least 4 members (excludes halogenated alkanes) is 1. The number of hydrogen-bond acceptors (Lipinski definition) is 1. The van der Waals surface area contributed by atoms with Crippen molar-refractivity contribution in [1.29, 1.82) is 0 Å². The summed E-state index contributed by atoms with van der Waals surface area (Å²) in [5.74, 6) is 0.970. The molecule has 0 aliphatic carbocycles. The highest BCUT2D eigenvalue weighted by atomic mass is 16.5. The first-order valence-corrected chi connectivity index (χ1v) is 5.49. The molecule has 1 heterocycles. The molecule has 2 nitrogen and oxygen atoms in total. The van der Waals surface area contributed by atoms with Crippen LogP contribution >= 0.6 is 0 Å². The fourth-order valence-electron chi connectivity index (χ4n) is 1.67. The molecule has 0 fully saturated rings. The van der Waals surface area contributed by atoms with E-state index in [9.17, 15) is 0 Å². The normalized spacial score (nSPS) is 10.8. The van der Waals surface area contributed by atoms with Crippen molar-refractivity contribution >= 4 is 10.9 Å². The second kappa shape index (κ2) is 4.39. The highest BCUT2D eigenvalue weighted by Crippen LogP contribution is 2.21. The van der Waals surface area contributed by atoms with E-state index in [-0.39, 0.29) is 0 Å². The van der Waals surface area contributed by atoms with E-state index in [0.29, 0.717) is 0 Å². The van der Waals surface area contributed by atoms with Crippen molar-refractivity contribution in [3.8, 4) is 5.75 Å². The van der Waals surface area contributed by atoms with Crippen molar-refractivity contribution in [2.24, 2.45) is 7.05 Å². The fraction of sp³-hybridized carbons (Fsp3) is 0.385. The molecule has 2 aromatic rings. The van der Waals surface area contributed by atoms with Crippen LogP contribution < -0.4 is 4.74 Å². The molecule has 2 rings (SSSR count). The Morgan fingerprint density at radius 1 is 1.27 bits per heavy atom. The summed E-state index contributed by atoms with van der Waals surface area (Å²) in [6.07, 6.45) is 4.36. The maximum Gasteiger partial charge on any atom is 0.121 e. The van der Waals surface area contributed by atoms with Crippen LogP contribution in [-0.4, -0.2) is 11.2 Å². The zero-order chi connectivity index (χ0) is 10.7. The first-order chi connectivity index (χ1) is 7.31. The summed E-state index contributed by atoms with van der Waals surface area (Å²) in [5, 5.41) is 1.26. The van der Waals surface area contributed by atoms with Crippen LogP contribution in [0.3, 0.4) is 0 Å². The Hall–Kier alpha value is -1.44. The van der Waals surface area contributed by atoms with Crippen molar-refractivity contribution in [3.63, 3.8) is 0 Å². The topological polar surface area (TPSA) is 14.2 Å². The van der Waals surface area contributed by atoms with E-state index in [4.69, 9.17) is 4.74 Å². The van der Waals surface area contributed by atoms with E-state index in [1.54, 1.807) is 0 Å². The van der Waals surface area contributed by atoms with Crippen LogP contribution in [0.25, 0.3) is 10.9 Å². The molecule has 0 spiro atoms. The predicted octanol–water partition coefficient (Wildman–Crippen LogP) is 3.36. The van der Waals surface area contributed by atoms with Gasteiger partial charge in [0, 0.05) is 19.3 Å². The quantitative estimate of drug-likeness (QED) is 0.695. The molecule has 0 bridgehead atoms. The van der Waals surface area contributed by atoms with Crippen LogP contribution in [0.2, 0.25) is 0 Å². The van der Waals surface area contributed by atoms with Crippen LogP contribution in [0.1, 0.15) is 19.8 Å². The number of nitrogens with zero attached hydrogens (tertiary/aromatic N) is 1. The van der Waals surface area contributed by atoms with Gasteiger partial charge in [-0.25, -0.2) is 0 Å². The monoisotopic (exact) mass is 203 g/mol. The molecule has 0 amide bonds. The lowest BCUT2D eigenvalue weighted by atomic mass is 10.2. The van der Waals surface area contributed by atoms with E-state index >= 15 is 0 Å². The Bertz CT molecular complexity index is 445. The highest BCUT2D eigenvalue weighted by molar-refractivity contribution is 5.81. The molecule has 0 aliphatic heterocycles. The Kier molecular flexibility index (Phi) is 2.95. The van der Waals surface area contributed by atoms with Crippen molar-refractivity contribution in [2.45, 2.75) is 19.8 Å². The molecule has 1 aromatic heterocycles. The lowest BCUT2D eigenvalue weighted by Gasteiger charge is -2.05. The maximum atomic E-state index is 5.67. The van der Waals surface area contributed by atoms with Gasteiger partial charge in [-0.1, -0.05) is 13.3 Å². The molecule has 0 radical (unpaired) electrons. The van der Waals surface area contributed by atoms with Crippen molar-refractivity contribution in [2.75, 3.05) is 6.61 Å². The van der Waals surface area contributed by atoms with Gasteiger partial charge in [-0.05, 0) is 30.0 Å². The second-order valence-electron chi connectivity index (χ2n) is 3.85. The molecular formula is C13H17NO. The standard InChI is InChI=1S/C13H17NO/c1-3-4-9-15-12-6-5-11-7-8-14(2)13(11)10-12/h5-8,10H,3-4,9H2,1-2H3.